The summed E-state index contributed by atoms with van der Waals surface area (Å²) in [5, 5.41) is 0.451. The molecular weight excluding hydrogens is 549 g/mol. The van der Waals surface area contributed by atoms with Gasteiger partial charge in [-0.05, 0) is 60.9 Å². The Morgan fingerprint density at radius 3 is 2.26 bits per heavy atom. The normalized spacial score (nSPS) is 17.6. The molecule has 2 aliphatic rings. The minimum absolute atomic E-state index is 0.0525. The average Bonchev–Trinajstić information content (AvgIpc) is 2.95. The van der Waals surface area contributed by atoms with Gasteiger partial charge in [-0.15, -0.1) is 0 Å². The molecule has 3 aromatic carbocycles. The second kappa shape index (κ2) is 11.3. The van der Waals surface area contributed by atoms with Gasteiger partial charge in [0.15, 0.2) is 5.75 Å². The van der Waals surface area contributed by atoms with E-state index >= 15 is 0 Å². The van der Waals surface area contributed by atoms with Gasteiger partial charge in [0.1, 0.15) is 18.5 Å². The van der Waals surface area contributed by atoms with Gasteiger partial charge in [0.2, 0.25) is 0 Å². The van der Waals surface area contributed by atoms with Crippen LogP contribution in [0.4, 0.5) is 16.2 Å². The molecule has 1 fully saturated rings. The maximum Gasteiger partial charge on any atom is 0.409 e. The van der Waals surface area contributed by atoms with Crippen LogP contribution in [0.2, 0.25) is 5.02 Å². The maximum atomic E-state index is 13.7. The summed E-state index contributed by atoms with van der Waals surface area (Å²) >= 11 is 11.6. The molecule has 2 aliphatic heterocycles. The Hall–Kier alpha value is -3.14. The van der Waals surface area contributed by atoms with E-state index in [2.05, 4.69) is 4.90 Å². The van der Waals surface area contributed by atoms with E-state index in [1.165, 1.54) is 16.4 Å². The smallest absolute Gasteiger partial charge is 0.409 e. The summed E-state index contributed by atoms with van der Waals surface area (Å²) in [5.74, 6) is 0.560. The van der Waals surface area contributed by atoms with Crippen molar-refractivity contribution in [1.82, 2.24) is 4.90 Å². The summed E-state index contributed by atoms with van der Waals surface area (Å²) in [6.07, 6.45) is 0.750. The zero-order valence-electron chi connectivity index (χ0n) is 20.5. The fraction of sp³-hybridized carbons (Fsp3) is 0.296. The minimum Gasteiger partial charge on any atom is -0.447 e. The number of hydrogen-bond donors (Lipinski definition) is 0. The Balaban J connectivity index is 1.28. The number of aryl methyl sites for hydroxylation is 1. The van der Waals surface area contributed by atoms with Crippen molar-refractivity contribution in [2.75, 3.05) is 42.0 Å². The van der Waals surface area contributed by atoms with Crippen LogP contribution in [0.25, 0.3) is 0 Å². The summed E-state index contributed by atoms with van der Waals surface area (Å²) in [4.78, 5) is 16.8. The fourth-order valence-electron chi connectivity index (χ4n) is 4.94. The largest absolute Gasteiger partial charge is 0.447 e. The van der Waals surface area contributed by atoms with E-state index in [1.807, 2.05) is 36.4 Å². The lowest BCUT2D eigenvalue weighted by molar-refractivity contribution is 0.0940. The van der Waals surface area contributed by atoms with Gasteiger partial charge in [0.25, 0.3) is 10.0 Å². The summed E-state index contributed by atoms with van der Waals surface area (Å²) in [7, 11) is -3.92. The number of rotatable bonds is 6. The molecule has 0 N–H and O–H groups in total. The number of carbonyl (C=O) groups is 1. The van der Waals surface area contributed by atoms with Gasteiger partial charge in [-0.25, -0.2) is 13.2 Å². The molecule has 5 rings (SSSR count). The van der Waals surface area contributed by atoms with Crippen LogP contribution < -0.4 is 13.5 Å². The molecule has 0 bridgehead atoms. The SMILES string of the molecule is O=C(OCC1CCc2ccccc2N1S(=O)(=O)c1ccc(Cl)cc1)N1CCN(c2ccccc2OCl)CC1. The number of fused-ring (bicyclic) bond motifs is 1. The number of halogens is 2. The van der Waals surface area contributed by atoms with Gasteiger partial charge in [0.05, 0.1) is 22.3 Å². The lowest BCUT2D eigenvalue weighted by Crippen LogP contribution is -2.50. The molecule has 1 amide bonds. The molecule has 11 heteroatoms. The second-order valence-electron chi connectivity index (χ2n) is 9.17. The topological polar surface area (TPSA) is 79.4 Å². The molecular formula is C27H27Cl2N3O5S. The fourth-order valence-corrected chi connectivity index (χ4v) is 6.90. The highest BCUT2D eigenvalue weighted by molar-refractivity contribution is 7.92. The Labute approximate surface area is 232 Å². The van der Waals surface area contributed by atoms with Crippen molar-refractivity contribution in [2.24, 2.45) is 0 Å². The summed E-state index contributed by atoms with van der Waals surface area (Å²) in [6, 6.07) is 20.4. The molecule has 1 atom stereocenters. The predicted octanol–water partition coefficient (Wildman–Crippen LogP) is 5.34. The number of nitrogens with zero attached hydrogens (tertiary/aromatic N) is 3. The number of para-hydroxylation sites is 3. The zero-order valence-corrected chi connectivity index (χ0v) is 22.8. The van der Waals surface area contributed by atoms with Gasteiger partial charge in [0, 0.05) is 31.2 Å². The summed E-state index contributed by atoms with van der Waals surface area (Å²) in [5.41, 5.74) is 2.40. The summed E-state index contributed by atoms with van der Waals surface area (Å²) < 4.78 is 39.5. The van der Waals surface area contributed by atoms with Crippen molar-refractivity contribution in [3.05, 3.63) is 83.4 Å². The Bertz CT molecular complexity index is 1400. The highest BCUT2D eigenvalue weighted by Crippen LogP contribution is 2.36. The van der Waals surface area contributed by atoms with Crippen LogP contribution in [-0.4, -0.2) is 58.2 Å². The second-order valence-corrected chi connectivity index (χ2v) is 11.6. The van der Waals surface area contributed by atoms with Crippen LogP contribution in [0.15, 0.2) is 77.7 Å². The number of amides is 1. The highest BCUT2D eigenvalue weighted by atomic mass is 35.5. The molecule has 200 valence electrons. The van der Waals surface area contributed by atoms with Gasteiger partial charge >= 0.3 is 6.09 Å². The first-order chi connectivity index (χ1) is 18.4. The lowest BCUT2D eigenvalue weighted by atomic mass is 9.98. The molecule has 1 saturated heterocycles. The van der Waals surface area contributed by atoms with E-state index < -0.39 is 22.2 Å². The van der Waals surface area contributed by atoms with E-state index in [-0.39, 0.29) is 11.5 Å². The first-order valence-electron chi connectivity index (χ1n) is 12.3. The third-order valence-corrected chi connectivity index (χ3v) is 9.20. The van der Waals surface area contributed by atoms with Crippen molar-refractivity contribution in [2.45, 2.75) is 23.8 Å². The molecule has 3 aromatic rings. The van der Waals surface area contributed by atoms with E-state index in [0.717, 1.165) is 11.3 Å². The van der Waals surface area contributed by atoms with Crippen LogP contribution in [0.3, 0.4) is 0 Å². The van der Waals surface area contributed by atoms with Crippen LogP contribution in [0.5, 0.6) is 5.75 Å². The number of piperazine rings is 1. The van der Waals surface area contributed by atoms with Crippen LogP contribution in [0, 0.1) is 0 Å². The number of anilines is 2. The number of ether oxygens (including phenoxy) is 1. The van der Waals surface area contributed by atoms with Crippen LogP contribution in [0.1, 0.15) is 12.0 Å². The van der Waals surface area contributed by atoms with E-state index in [0.29, 0.717) is 55.5 Å². The molecule has 0 saturated carbocycles. The first kappa shape index (κ1) is 26.5. The van der Waals surface area contributed by atoms with Crippen molar-refractivity contribution in [3.63, 3.8) is 0 Å². The van der Waals surface area contributed by atoms with E-state index in [1.54, 1.807) is 29.2 Å². The van der Waals surface area contributed by atoms with Crippen LogP contribution in [-0.2, 0) is 21.2 Å². The van der Waals surface area contributed by atoms with Crippen molar-refractivity contribution in [3.8, 4) is 5.75 Å². The molecule has 0 radical (unpaired) electrons. The Morgan fingerprint density at radius 2 is 1.55 bits per heavy atom. The molecule has 8 nitrogen and oxygen atoms in total. The zero-order chi connectivity index (χ0) is 26.7. The van der Waals surface area contributed by atoms with Crippen LogP contribution >= 0.6 is 23.5 Å². The van der Waals surface area contributed by atoms with Gasteiger partial charge in [-0.3, -0.25) is 4.31 Å². The molecule has 38 heavy (non-hydrogen) atoms. The van der Waals surface area contributed by atoms with Gasteiger partial charge < -0.3 is 18.8 Å². The molecule has 2 heterocycles. The maximum absolute atomic E-state index is 13.7. The van der Waals surface area contributed by atoms with Crippen molar-refractivity contribution < 1.29 is 22.2 Å². The lowest BCUT2D eigenvalue weighted by Gasteiger charge is -2.38. The average molecular weight is 577 g/mol. The van der Waals surface area contributed by atoms with E-state index in [4.69, 9.17) is 32.5 Å². The third kappa shape index (κ3) is 5.36. The van der Waals surface area contributed by atoms with Crippen molar-refractivity contribution in [1.29, 1.82) is 0 Å². The third-order valence-electron chi connectivity index (χ3n) is 6.90. The standard InChI is InChI=1S/C27H27Cl2N3O5S/c28-21-10-13-23(14-11-21)38(34,35)32-22(12-9-20-5-1-2-6-24(20)32)19-36-27(33)31-17-15-30(16-18-31)25-7-3-4-8-26(25)37-29/h1-8,10-11,13-14,22H,9,12,15-19H2. The van der Waals surface area contributed by atoms with Crippen molar-refractivity contribution >= 4 is 51.0 Å². The number of sulfonamides is 1. The first-order valence-corrected chi connectivity index (χ1v) is 14.4. The Morgan fingerprint density at radius 1 is 0.895 bits per heavy atom. The Kier molecular flexibility index (Phi) is 7.88. The summed E-state index contributed by atoms with van der Waals surface area (Å²) in [6.45, 7) is 2.02. The quantitative estimate of drug-likeness (QED) is 0.394. The van der Waals surface area contributed by atoms with Gasteiger partial charge in [-0.2, -0.15) is 0 Å². The molecule has 0 aromatic heterocycles. The minimum atomic E-state index is -3.92. The van der Waals surface area contributed by atoms with Gasteiger partial charge in [-0.1, -0.05) is 41.9 Å². The number of hydrogen-bond acceptors (Lipinski definition) is 6. The molecule has 0 spiro atoms. The predicted molar refractivity (Wildman–Crippen MR) is 148 cm³/mol. The molecule has 0 aliphatic carbocycles. The molecule has 1 unspecified atom stereocenters. The highest BCUT2D eigenvalue weighted by Gasteiger charge is 2.37. The number of carbonyl (C=O) groups excluding carboxylic acids is 1. The van der Waals surface area contributed by atoms with E-state index in [9.17, 15) is 13.2 Å². The number of benzene rings is 3. The monoisotopic (exact) mass is 575 g/mol.